The van der Waals surface area contributed by atoms with Crippen LogP contribution in [-0.4, -0.2) is 39.1 Å². The molecule has 0 saturated heterocycles. The number of carbonyl (C=O) groups excluding carboxylic acids is 2. The van der Waals surface area contributed by atoms with E-state index in [1.165, 1.54) is 0 Å². The molecule has 0 aliphatic carbocycles. The van der Waals surface area contributed by atoms with Gasteiger partial charge in [0, 0.05) is 0 Å². The van der Waals surface area contributed by atoms with Crippen LogP contribution >= 0.6 is 0 Å². The predicted octanol–water partition coefficient (Wildman–Crippen LogP) is -1.01. The number of phenols is 1. The third-order valence-corrected chi connectivity index (χ3v) is 2.24. The quantitative estimate of drug-likeness (QED) is 0.463. The van der Waals surface area contributed by atoms with Crippen LogP contribution in [0.5, 0.6) is 5.75 Å². The van der Waals surface area contributed by atoms with Gasteiger partial charge in [0.25, 0.3) is 5.91 Å². The first kappa shape index (κ1) is 14.0. The normalized spacial score (nSPS) is 9.89. The van der Waals surface area contributed by atoms with Gasteiger partial charge in [0.05, 0.1) is 22.3 Å². The topological polar surface area (TPSA) is 181 Å². The minimum atomic E-state index is -1.82. The zero-order chi connectivity index (χ0) is 14.9. The highest BCUT2D eigenvalue weighted by Gasteiger charge is 2.30. The molecular weight excluding hydrogens is 260 g/mol. The predicted molar refractivity (Wildman–Crippen MR) is 59.1 cm³/mol. The molecule has 1 aromatic carbocycles. The van der Waals surface area contributed by atoms with Crippen molar-refractivity contribution in [3.05, 3.63) is 28.3 Å². The van der Waals surface area contributed by atoms with Gasteiger partial charge in [-0.1, -0.05) is 0 Å². The van der Waals surface area contributed by atoms with E-state index in [1.54, 1.807) is 0 Å². The van der Waals surface area contributed by atoms with Crippen molar-refractivity contribution in [3.8, 4) is 5.75 Å². The van der Waals surface area contributed by atoms with Crippen LogP contribution in [0.15, 0.2) is 6.07 Å². The number of carbonyl (C=O) groups is 4. The monoisotopic (exact) mass is 268 g/mol. The molecule has 0 unspecified atom stereocenters. The summed E-state index contributed by atoms with van der Waals surface area (Å²) in [5, 5.41) is 27.3. The van der Waals surface area contributed by atoms with E-state index in [0.29, 0.717) is 6.07 Å². The van der Waals surface area contributed by atoms with Crippen LogP contribution in [0.3, 0.4) is 0 Å². The standard InChI is InChI=1S/C10H8N2O7/c11-7(14)4-2(9(16)17)1-3(13)5(8(12)15)6(4)10(18)19/h1,13H,(H2,11,14)(H2,12,15)(H,16,17)(H,18,19). The number of aromatic carboxylic acids is 2. The lowest BCUT2D eigenvalue weighted by Crippen LogP contribution is -2.25. The second kappa shape index (κ2) is 4.64. The molecule has 1 aromatic rings. The molecule has 1 rings (SSSR count). The van der Waals surface area contributed by atoms with E-state index >= 15 is 0 Å². The maximum absolute atomic E-state index is 11.2. The molecule has 0 spiro atoms. The Kier molecular flexibility index (Phi) is 3.41. The van der Waals surface area contributed by atoms with Gasteiger partial charge in [-0.25, -0.2) is 9.59 Å². The average Bonchev–Trinajstić information content (AvgIpc) is 2.25. The van der Waals surface area contributed by atoms with Crippen molar-refractivity contribution in [3.63, 3.8) is 0 Å². The van der Waals surface area contributed by atoms with E-state index < -0.39 is 51.8 Å². The van der Waals surface area contributed by atoms with Crippen molar-refractivity contribution in [2.75, 3.05) is 0 Å². The zero-order valence-electron chi connectivity index (χ0n) is 9.21. The number of primary amides is 2. The van der Waals surface area contributed by atoms with E-state index in [9.17, 15) is 24.3 Å². The van der Waals surface area contributed by atoms with Gasteiger partial charge in [-0.05, 0) is 6.07 Å². The Morgan fingerprint density at radius 3 is 1.63 bits per heavy atom. The van der Waals surface area contributed by atoms with Gasteiger partial charge in [-0.15, -0.1) is 0 Å². The number of hydrogen-bond acceptors (Lipinski definition) is 5. The van der Waals surface area contributed by atoms with Gasteiger partial charge in [0.1, 0.15) is 5.75 Å². The fraction of sp³-hybridized carbons (Fsp3) is 0. The number of carboxylic acids is 2. The van der Waals surface area contributed by atoms with Crippen molar-refractivity contribution in [2.24, 2.45) is 11.5 Å². The molecule has 0 heterocycles. The fourth-order valence-electron chi connectivity index (χ4n) is 1.56. The Hall–Kier alpha value is -3.10. The van der Waals surface area contributed by atoms with Crippen molar-refractivity contribution < 1.29 is 34.5 Å². The highest BCUT2D eigenvalue weighted by Crippen LogP contribution is 2.28. The van der Waals surface area contributed by atoms with E-state index in [0.717, 1.165) is 0 Å². The Morgan fingerprint density at radius 2 is 1.32 bits per heavy atom. The third kappa shape index (κ3) is 2.29. The molecule has 2 amide bonds. The molecule has 19 heavy (non-hydrogen) atoms. The van der Waals surface area contributed by atoms with Crippen LogP contribution in [0.1, 0.15) is 41.4 Å². The highest BCUT2D eigenvalue weighted by atomic mass is 16.4. The Balaban J connectivity index is 3.98. The molecule has 100 valence electrons. The maximum Gasteiger partial charge on any atom is 0.337 e. The molecule has 0 atom stereocenters. The molecule has 9 nitrogen and oxygen atoms in total. The number of nitrogens with two attached hydrogens (primary N) is 2. The van der Waals surface area contributed by atoms with Crippen LogP contribution in [0.25, 0.3) is 0 Å². The van der Waals surface area contributed by atoms with Gasteiger partial charge in [-0.3, -0.25) is 9.59 Å². The maximum atomic E-state index is 11.2. The fourth-order valence-corrected chi connectivity index (χ4v) is 1.56. The Labute approximate surface area is 105 Å². The lowest BCUT2D eigenvalue weighted by molar-refractivity contribution is 0.0682. The third-order valence-electron chi connectivity index (χ3n) is 2.24. The minimum absolute atomic E-state index is 0.537. The van der Waals surface area contributed by atoms with Crippen LogP contribution in [0.4, 0.5) is 0 Å². The first-order chi connectivity index (χ1) is 8.68. The molecule has 0 aliphatic heterocycles. The largest absolute Gasteiger partial charge is 0.507 e. The first-order valence-corrected chi connectivity index (χ1v) is 4.64. The van der Waals surface area contributed by atoms with Crippen LogP contribution in [0.2, 0.25) is 0 Å². The van der Waals surface area contributed by atoms with E-state index in [4.69, 9.17) is 21.7 Å². The van der Waals surface area contributed by atoms with E-state index in [1.807, 2.05) is 0 Å². The summed E-state index contributed by atoms with van der Waals surface area (Å²) in [6, 6.07) is 0.537. The number of benzene rings is 1. The van der Waals surface area contributed by atoms with Crippen molar-refractivity contribution in [2.45, 2.75) is 0 Å². The van der Waals surface area contributed by atoms with Gasteiger partial charge >= 0.3 is 11.9 Å². The molecule has 9 heteroatoms. The van der Waals surface area contributed by atoms with Gasteiger partial charge < -0.3 is 26.8 Å². The summed E-state index contributed by atoms with van der Waals surface area (Å²) in [6.07, 6.45) is 0. The Morgan fingerprint density at radius 1 is 0.842 bits per heavy atom. The molecule has 0 saturated carbocycles. The summed E-state index contributed by atoms with van der Waals surface area (Å²) in [5.74, 6) is -7.19. The molecule has 0 aliphatic rings. The summed E-state index contributed by atoms with van der Waals surface area (Å²) in [4.78, 5) is 44.3. The second-order valence-electron chi connectivity index (χ2n) is 3.41. The summed E-state index contributed by atoms with van der Waals surface area (Å²) in [5.41, 5.74) is 6.12. The lowest BCUT2D eigenvalue weighted by Gasteiger charge is -2.11. The van der Waals surface area contributed by atoms with Gasteiger partial charge in [0.15, 0.2) is 0 Å². The summed E-state index contributed by atoms with van der Waals surface area (Å²) in [6.45, 7) is 0. The number of amides is 2. The number of aromatic hydroxyl groups is 1. The van der Waals surface area contributed by atoms with Gasteiger partial charge in [-0.2, -0.15) is 0 Å². The van der Waals surface area contributed by atoms with Crippen LogP contribution in [0, 0.1) is 0 Å². The minimum Gasteiger partial charge on any atom is -0.507 e. The van der Waals surface area contributed by atoms with Crippen molar-refractivity contribution in [1.82, 2.24) is 0 Å². The molecule has 0 aromatic heterocycles. The lowest BCUT2D eigenvalue weighted by atomic mass is 9.94. The van der Waals surface area contributed by atoms with Crippen LogP contribution < -0.4 is 11.5 Å². The second-order valence-corrected chi connectivity index (χ2v) is 3.41. The summed E-state index contributed by atoms with van der Waals surface area (Å²) >= 11 is 0. The smallest absolute Gasteiger partial charge is 0.337 e. The molecular formula is C10H8N2O7. The SMILES string of the molecule is NC(=O)c1c(O)cc(C(=O)O)c(C(N)=O)c1C(=O)O. The van der Waals surface area contributed by atoms with Crippen LogP contribution in [-0.2, 0) is 0 Å². The molecule has 0 bridgehead atoms. The number of carboxylic acid groups (broad SMARTS) is 2. The first-order valence-electron chi connectivity index (χ1n) is 4.64. The number of hydrogen-bond donors (Lipinski definition) is 5. The van der Waals surface area contributed by atoms with Crippen molar-refractivity contribution in [1.29, 1.82) is 0 Å². The number of rotatable bonds is 4. The van der Waals surface area contributed by atoms with Gasteiger partial charge in [0.2, 0.25) is 5.91 Å². The van der Waals surface area contributed by atoms with Crippen molar-refractivity contribution >= 4 is 23.8 Å². The zero-order valence-corrected chi connectivity index (χ0v) is 9.21. The highest BCUT2D eigenvalue weighted by molar-refractivity contribution is 6.17. The average molecular weight is 268 g/mol. The molecule has 0 fully saturated rings. The molecule has 0 radical (unpaired) electrons. The van der Waals surface area contributed by atoms with E-state index in [-0.39, 0.29) is 0 Å². The Bertz CT molecular complexity index is 621. The summed E-state index contributed by atoms with van der Waals surface area (Å²) in [7, 11) is 0. The molecule has 7 N–H and O–H groups in total. The van der Waals surface area contributed by atoms with E-state index in [2.05, 4.69) is 0 Å². The summed E-state index contributed by atoms with van der Waals surface area (Å²) < 4.78 is 0.